The van der Waals surface area contributed by atoms with Crippen molar-refractivity contribution in [1.82, 2.24) is 14.9 Å². The van der Waals surface area contributed by atoms with Crippen molar-refractivity contribution in [3.63, 3.8) is 0 Å². The summed E-state index contributed by atoms with van der Waals surface area (Å²) in [6.45, 7) is 3.30. The van der Waals surface area contributed by atoms with Crippen molar-refractivity contribution < 1.29 is 9.53 Å². The van der Waals surface area contributed by atoms with Gasteiger partial charge < -0.3 is 19.9 Å². The minimum Gasteiger partial charge on any atom is -0.472 e. The Labute approximate surface area is 153 Å². The summed E-state index contributed by atoms with van der Waals surface area (Å²) < 4.78 is 6.01. The molecule has 1 aromatic heterocycles. The Bertz CT molecular complexity index is 749. The van der Waals surface area contributed by atoms with Gasteiger partial charge in [0.1, 0.15) is 18.2 Å². The van der Waals surface area contributed by atoms with E-state index in [1.54, 1.807) is 11.2 Å². The van der Waals surface area contributed by atoms with E-state index in [9.17, 15) is 4.79 Å². The van der Waals surface area contributed by atoms with Gasteiger partial charge in [-0.2, -0.15) is 0 Å². The van der Waals surface area contributed by atoms with E-state index in [0.29, 0.717) is 19.0 Å². The molecule has 0 saturated carbocycles. The fraction of sp³-hybridized carbons (Fsp3) is 0.421. The molecule has 26 heavy (non-hydrogen) atoms. The lowest BCUT2D eigenvalue weighted by atomic mass is 10.3. The Morgan fingerprint density at radius 2 is 1.92 bits per heavy atom. The Morgan fingerprint density at radius 1 is 1.12 bits per heavy atom. The van der Waals surface area contributed by atoms with Crippen molar-refractivity contribution in [1.29, 1.82) is 0 Å². The van der Waals surface area contributed by atoms with Crippen LogP contribution >= 0.6 is 0 Å². The van der Waals surface area contributed by atoms with Crippen LogP contribution in [0, 0.1) is 0 Å². The van der Waals surface area contributed by atoms with Crippen molar-refractivity contribution in [2.45, 2.75) is 25.4 Å². The predicted octanol–water partition coefficient (Wildman–Crippen LogP) is 2.76. The highest BCUT2D eigenvalue weighted by Crippen LogP contribution is 2.23. The lowest BCUT2D eigenvalue weighted by Gasteiger charge is -2.19. The normalized spacial score (nSPS) is 19.6. The summed E-state index contributed by atoms with van der Waals surface area (Å²) in [5.41, 5.74) is 0.799. The number of urea groups is 1. The maximum Gasteiger partial charge on any atom is 0.321 e. The lowest BCUT2D eigenvalue weighted by molar-refractivity contribution is 0.189. The van der Waals surface area contributed by atoms with Crippen molar-refractivity contribution >= 4 is 17.5 Å². The number of carbonyl (C=O) groups is 1. The molecule has 1 aromatic carbocycles. The van der Waals surface area contributed by atoms with E-state index in [4.69, 9.17) is 4.74 Å². The zero-order valence-electron chi connectivity index (χ0n) is 14.7. The third-order valence-electron chi connectivity index (χ3n) is 4.80. The van der Waals surface area contributed by atoms with Crippen LogP contribution in [0.1, 0.15) is 19.3 Å². The summed E-state index contributed by atoms with van der Waals surface area (Å²) in [5.74, 6) is 1.50. The number of para-hydroxylation sites is 1. The lowest BCUT2D eigenvalue weighted by Crippen LogP contribution is -2.34. The molecule has 0 bridgehead atoms. The Hall–Kier alpha value is -2.83. The van der Waals surface area contributed by atoms with Gasteiger partial charge in [-0.3, -0.25) is 0 Å². The molecular formula is C19H23N5O2. The van der Waals surface area contributed by atoms with Crippen molar-refractivity contribution in [3.8, 4) is 5.88 Å². The van der Waals surface area contributed by atoms with Gasteiger partial charge in [-0.1, -0.05) is 18.2 Å². The molecule has 0 radical (unpaired) electrons. The van der Waals surface area contributed by atoms with E-state index in [2.05, 4.69) is 20.2 Å². The summed E-state index contributed by atoms with van der Waals surface area (Å²) in [6, 6.07) is 11.3. The van der Waals surface area contributed by atoms with E-state index < -0.39 is 0 Å². The highest BCUT2D eigenvalue weighted by molar-refractivity contribution is 5.89. The minimum absolute atomic E-state index is 0.0437. The summed E-state index contributed by atoms with van der Waals surface area (Å²) in [6.07, 6.45) is 4.71. The molecule has 4 rings (SSSR count). The maximum atomic E-state index is 12.4. The van der Waals surface area contributed by atoms with Crippen LogP contribution in [0.25, 0.3) is 0 Å². The van der Waals surface area contributed by atoms with Crippen molar-refractivity contribution in [2.24, 2.45) is 0 Å². The molecule has 3 heterocycles. The van der Waals surface area contributed by atoms with Gasteiger partial charge in [0.15, 0.2) is 0 Å². The molecule has 2 aliphatic heterocycles. The molecule has 136 valence electrons. The SMILES string of the molecule is O=C(Nc1ccccc1)N1CCC(Oc2cc(N3CCCC3)ncn2)C1. The number of rotatable bonds is 4. The monoisotopic (exact) mass is 353 g/mol. The Morgan fingerprint density at radius 3 is 2.73 bits per heavy atom. The van der Waals surface area contributed by atoms with Gasteiger partial charge in [-0.15, -0.1) is 0 Å². The molecule has 2 amide bonds. The second-order valence-electron chi connectivity index (χ2n) is 6.68. The molecule has 7 nitrogen and oxygen atoms in total. The van der Waals surface area contributed by atoms with Crippen LogP contribution in [0.5, 0.6) is 5.88 Å². The number of hydrogen-bond donors (Lipinski definition) is 1. The average molecular weight is 353 g/mol. The molecule has 2 fully saturated rings. The quantitative estimate of drug-likeness (QED) is 0.915. The van der Waals surface area contributed by atoms with E-state index in [-0.39, 0.29) is 12.1 Å². The molecule has 1 N–H and O–H groups in total. The third kappa shape index (κ3) is 3.87. The second kappa shape index (κ2) is 7.59. The first-order valence-corrected chi connectivity index (χ1v) is 9.12. The number of aromatic nitrogens is 2. The number of anilines is 2. The molecule has 2 aliphatic rings. The van der Waals surface area contributed by atoms with Crippen LogP contribution in [0.3, 0.4) is 0 Å². The predicted molar refractivity (Wildman–Crippen MR) is 99.5 cm³/mol. The van der Waals surface area contributed by atoms with Gasteiger partial charge in [-0.25, -0.2) is 14.8 Å². The molecule has 1 atom stereocenters. The summed E-state index contributed by atoms with van der Waals surface area (Å²) in [7, 11) is 0. The van der Waals surface area contributed by atoms with Crippen LogP contribution in [0.15, 0.2) is 42.7 Å². The van der Waals surface area contributed by atoms with Gasteiger partial charge in [0.25, 0.3) is 0 Å². The highest BCUT2D eigenvalue weighted by Gasteiger charge is 2.28. The summed E-state index contributed by atoms with van der Waals surface area (Å²) in [5, 5.41) is 2.91. The summed E-state index contributed by atoms with van der Waals surface area (Å²) >= 11 is 0. The van der Waals surface area contributed by atoms with Crippen LogP contribution in [-0.2, 0) is 0 Å². The molecule has 1 unspecified atom stereocenters. The van der Waals surface area contributed by atoms with Crippen LogP contribution in [0.2, 0.25) is 0 Å². The maximum absolute atomic E-state index is 12.4. The fourth-order valence-electron chi connectivity index (χ4n) is 3.42. The fourth-order valence-corrected chi connectivity index (χ4v) is 3.42. The topological polar surface area (TPSA) is 70.6 Å². The van der Waals surface area contributed by atoms with E-state index in [1.807, 2.05) is 36.4 Å². The first-order valence-electron chi connectivity index (χ1n) is 9.12. The zero-order valence-corrected chi connectivity index (χ0v) is 14.7. The molecule has 2 aromatic rings. The number of benzene rings is 1. The van der Waals surface area contributed by atoms with Gasteiger partial charge in [0.05, 0.1) is 6.54 Å². The second-order valence-corrected chi connectivity index (χ2v) is 6.68. The largest absolute Gasteiger partial charge is 0.472 e. The first-order chi connectivity index (χ1) is 12.8. The van der Waals surface area contributed by atoms with Crippen LogP contribution < -0.4 is 15.0 Å². The first kappa shape index (κ1) is 16.6. The average Bonchev–Trinajstić information content (AvgIpc) is 3.35. The third-order valence-corrected chi connectivity index (χ3v) is 4.80. The molecule has 2 saturated heterocycles. The van der Waals surface area contributed by atoms with E-state index >= 15 is 0 Å². The zero-order chi connectivity index (χ0) is 17.8. The number of nitrogens with one attached hydrogen (secondary N) is 1. The number of nitrogens with zero attached hydrogens (tertiary/aromatic N) is 4. The Balaban J connectivity index is 1.33. The molecule has 0 spiro atoms. The van der Waals surface area contributed by atoms with E-state index in [0.717, 1.165) is 31.0 Å². The van der Waals surface area contributed by atoms with Gasteiger partial charge in [-0.05, 0) is 25.0 Å². The number of hydrogen-bond acceptors (Lipinski definition) is 5. The minimum atomic E-state index is -0.0947. The van der Waals surface area contributed by atoms with E-state index in [1.165, 1.54) is 12.8 Å². The smallest absolute Gasteiger partial charge is 0.321 e. The standard InChI is InChI=1S/C19H23N5O2/c25-19(22-15-6-2-1-3-7-15)24-11-8-16(13-24)26-18-12-17(20-14-21-18)23-9-4-5-10-23/h1-3,6-7,12,14,16H,4-5,8-11,13H2,(H,22,25). The highest BCUT2D eigenvalue weighted by atomic mass is 16.5. The van der Waals surface area contributed by atoms with Gasteiger partial charge >= 0.3 is 6.03 Å². The van der Waals surface area contributed by atoms with Gasteiger partial charge in [0, 0.05) is 37.8 Å². The van der Waals surface area contributed by atoms with Crippen LogP contribution in [-0.4, -0.2) is 53.2 Å². The molecule has 7 heteroatoms. The number of ether oxygens (including phenoxy) is 1. The molecule has 0 aliphatic carbocycles. The van der Waals surface area contributed by atoms with Crippen molar-refractivity contribution in [2.75, 3.05) is 36.4 Å². The van der Waals surface area contributed by atoms with Crippen LogP contribution in [0.4, 0.5) is 16.3 Å². The van der Waals surface area contributed by atoms with Crippen molar-refractivity contribution in [3.05, 3.63) is 42.7 Å². The summed E-state index contributed by atoms with van der Waals surface area (Å²) in [4.78, 5) is 25.0. The Kier molecular flexibility index (Phi) is 4.86. The number of likely N-dealkylation sites (tertiary alicyclic amines) is 1. The van der Waals surface area contributed by atoms with Gasteiger partial charge in [0.2, 0.25) is 5.88 Å². The molecular weight excluding hydrogens is 330 g/mol. The number of amides is 2. The number of carbonyl (C=O) groups excluding carboxylic acids is 1.